The molecule has 0 bridgehead atoms. The van der Waals surface area contributed by atoms with Gasteiger partial charge in [-0.3, -0.25) is 0 Å². The molecule has 0 aromatic heterocycles. The fourth-order valence-electron chi connectivity index (χ4n) is 3.23. The maximum Gasteiger partial charge on any atom is 0.141 e. The molecule has 2 aliphatic heterocycles. The summed E-state index contributed by atoms with van der Waals surface area (Å²) < 4.78 is 19.3. The van der Waals surface area contributed by atoms with E-state index in [4.69, 9.17) is 22.1 Å². The number of rotatable bonds is 2. The highest BCUT2D eigenvalue weighted by Gasteiger charge is 2.42. The lowest BCUT2D eigenvalue weighted by Crippen LogP contribution is -2.42. The molecule has 0 saturated carbocycles. The molecule has 2 N–H and O–H groups in total. The van der Waals surface area contributed by atoms with Gasteiger partial charge in [-0.1, -0.05) is 17.7 Å². The van der Waals surface area contributed by atoms with E-state index in [1.807, 2.05) is 11.8 Å². The topological polar surface area (TPSA) is 35.2 Å². The number of thioether (sulfide) groups is 1. The zero-order valence-electron chi connectivity index (χ0n) is 11.3. The summed E-state index contributed by atoms with van der Waals surface area (Å²) in [5.41, 5.74) is 7.34. The Hall–Kier alpha value is -0.290. The molecular formula is C15H19ClFNOS. The third kappa shape index (κ3) is 2.84. The molecule has 2 heterocycles. The lowest BCUT2D eigenvalue weighted by molar-refractivity contribution is -0.0834. The summed E-state index contributed by atoms with van der Waals surface area (Å²) in [6.45, 7) is 0.772. The van der Waals surface area contributed by atoms with Gasteiger partial charge in [-0.2, -0.15) is 11.8 Å². The van der Waals surface area contributed by atoms with Crippen molar-refractivity contribution < 1.29 is 9.13 Å². The molecule has 2 saturated heterocycles. The molecule has 20 heavy (non-hydrogen) atoms. The number of ether oxygens (including phenoxy) is 1. The third-order valence-electron chi connectivity index (χ3n) is 4.43. The molecule has 1 spiro atoms. The Morgan fingerprint density at radius 3 is 3.05 bits per heavy atom. The molecule has 0 amide bonds. The van der Waals surface area contributed by atoms with Crippen molar-refractivity contribution in [3.63, 3.8) is 0 Å². The zero-order valence-corrected chi connectivity index (χ0v) is 12.9. The van der Waals surface area contributed by atoms with Gasteiger partial charge in [0.25, 0.3) is 0 Å². The van der Waals surface area contributed by atoms with Crippen molar-refractivity contribution in [3.8, 4) is 0 Å². The van der Waals surface area contributed by atoms with Gasteiger partial charge in [0.1, 0.15) is 5.82 Å². The molecule has 3 rings (SSSR count). The highest BCUT2D eigenvalue weighted by atomic mass is 35.5. The van der Waals surface area contributed by atoms with Crippen LogP contribution in [0.1, 0.15) is 30.9 Å². The molecular weight excluding hydrogens is 297 g/mol. The fourth-order valence-corrected chi connectivity index (χ4v) is 4.79. The van der Waals surface area contributed by atoms with Gasteiger partial charge in [0.05, 0.1) is 10.6 Å². The third-order valence-corrected chi connectivity index (χ3v) is 5.95. The van der Waals surface area contributed by atoms with Crippen LogP contribution in [0.3, 0.4) is 0 Å². The van der Waals surface area contributed by atoms with Crippen molar-refractivity contribution in [1.82, 2.24) is 0 Å². The average Bonchev–Trinajstić information content (AvgIpc) is 2.89. The summed E-state index contributed by atoms with van der Waals surface area (Å²) in [5, 5.41) is 0.149. The fraction of sp³-hybridized carbons (Fsp3) is 0.600. The van der Waals surface area contributed by atoms with Crippen LogP contribution < -0.4 is 5.73 Å². The number of hydrogen-bond acceptors (Lipinski definition) is 3. The van der Waals surface area contributed by atoms with Crippen LogP contribution in [0.25, 0.3) is 0 Å². The van der Waals surface area contributed by atoms with Crippen LogP contribution >= 0.6 is 23.4 Å². The molecule has 0 aliphatic carbocycles. The summed E-state index contributed by atoms with van der Waals surface area (Å²) in [4.78, 5) is 0. The van der Waals surface area contributed by atoms with Crippen LogP contribution in [0, 0.1) is 11.7 Å². The summed E-state index contributed by atoms with van der Waals surface area (Å²) >= 11 is 7.82. The minimum Gasteiger partial charge on any atom is -0.374 e. The lowest BCUT2D eigenvalue weighted by atomic mass is 9.79. The van der Waals surface area contributed by atoms with Crippen molar-refractivity contribution in [1.29, 1.82) is 0 Å². The average molecular weight is 316 g/mol. The molecule has 2 nitrogen and oxygen atoms in total. The van der Waals surface area contributed by atoms with Crippen LogP contribution in [0.15, 0.2) is 18.2 Å². The molecule has 3 atom stereocenters. The minimum atomic E-state index is -0.391. The molecule has 1 aromatic carbocycles. The van der Waals surface area contributed by atoms with Gasteiger partial charge in [0.2, 0.25) is 0 Å². The van der Waals surface area contributed by atoms with Crippen molar-refractivity contribution in [2.24, 2.45) is 11.7 Å². The minimum absolute atomic E-state index is 0.0228. The molecule has 5 heteroatoms. The Kier molecular flexibility index (Phi) is 4.27. The first-order chi connectivity index (χ1) is 9.60. The summed E-state index contributed by atoms with van der Waals surface area (Å²) in [7, 11) is 0. The van der Waals surface area contributed by atoms with Crippen LogP contribution in [-0.4, -0.2) is 23.7 Å². The first-order valence-electron chi connectivity index (χ1n) is 7.02. The quantitative estimate of drug-likeness (QED) is 0.902. The highest BCUT2D eigenvalue weighted by Crippen LogP contribution is 2.43. The van der Waals surface area contributed by atoms with E-state index in [0.29, 0.717) is 5.92 Å². The Morgan fingerprint density at radius 2 is 2.35 bits per heavy atom. The number of nitrogens with two attached hydrogens (primary N) is 1. The Bertz CT molecular complexity index is 493. The number of halogens is 2. The Balaban J connectivity index is 1.75. The van der Waals surface area contributed by atoms with Gasteiger partial charge in [-0.05, 0) is 48.6 Å². The van der Waals surface area contributed by atoms with Gasteiger partial charge in [0.15, 0.2) is 0 Å². The number of hydrogen-bond donors (Lipinski definition) is 1. The number of benzene rings is 1. The second kappa shape index (κ2) is 5.84. The van der Waals surface area contributed by atoms with E-state index in [9.17, 15) is 4.39 Å². The second-order valence-corrected chi connectivity index (χ2v) is 7.30. The lowest BCUT2D eigenvalue weighted by Gasteiger charge is -2.40. The molecule has 2 aliphatic rings. The standard InChI is InChI=1S/C15H19ClFNOS/c16-12-7-10(1-2-13(12)17)14(18)11-3-5-19-15(8-11)4-6-20-9-15/h1-2,7,11,14H,3-6,8-9,18H2. The first kappa shape index (κ1) is 14.6. The van der Waals surface area contributed by atoms with Crippen molar-refractivity contribution in [2.45, 2.75) is 30.9 Å². The SMILES string of the molecule is NC(c1ccc(F)c(Cl)c1)C1CCOC2(CCSC2)C1. The smallest absolute Gasteiger partial charge is 0.141 e. The largest absolute Gasteiger partial charge is 0.374 e. The van der Waals surface area contributed by atoms with E-state index in [1.165, 1.54) is 11.8 Å². The van der Waals surface area contributed by atoms with Gasteiger partial charge in [-0.15, -0.1) is 0 Å². The Labute approximate surface area is 128 Å². The van der Waals surface area contributed by atoms with E-state index in [-0.39, 0.29) is 16.7 Å². The van der Waals surface area contributed by atoms with Crippen molar-refractivity contribution in [2.75, 3.05) is 18.1 Å². The summed E-state index contributed by atoms with van der Waals surface area (Å²) in [6, 6.07) is 4.71. The van der Waals surface area contributed by atoms with Crippen LogP contribution in [-0.2, 0) is 4.74 Å². The van der Waals surface area contributed by atoms with Gasteiger partial charge < -0.3 is 10.5 Å². The summed E-state index contributed by atoms with van der Waals surface area (Å²) in [6.07, 6.45) is 3.07. The molecule has 3 unspecified atom stereocenters. The van der Waals surface area contributed by atoms with Crippen LogP contribution in [0.5, 0.6) is 0 Å². The predicted octanol–water partition coefficient (Wildman–Crippen LogP) is 3.78. The van der Waals surface area contributed by atoms with E-state index in [2.05, 4.69) is 0 Å². The maximum atomic E-state index is 13.2. The van der Waals surface area contributed by atoms with Crippen LogP contribution in [0.2, 0.25) is 5.02 Å². The van der Waals surface area contributed by atoms with Gasteiger partial charge in [0, 0.05) is 18.4 Å². The monoisotopic (exact) mass is 315 g/mol. The molecule has 1 aromatic rings. The van der Waals surface area contributed by atoms with Crippen molar-refractivity contribution >= 4 is 23.4 Å². The normalized spacial score (nSPS) is 31.6. The predicted molar refractivity (Wildman–Crippen MR) is 81.7 cm³/mol. The zero-order chi connectivity index (χ0) is 14.2. The second-order valence-electron chi connectivity index (χ2n) is 5.79. The van der Waals surface area contributed by atoms with Gasteiger partial charge >= 0.3 is 0 Å². The maximum absolute atomic E-state index is 13.2. The Morgan fingerprint density at radius 1 is 1.50 bits per heavy atom. The summed E-state index contributed by atoms with van der Waals surface area (Å²) in [5.74, 6) is 2.23. The van der Waals surface area contributed by atoms with Gasteiger partial charge in [-0.25, -0.2) is 4.39 Å². The highest BCUT2D eigenvalue weighted by molar-refractivity contribution is 7.99. The van der Waals surface area contributed by atoms with E-state index in [0.717, 1.165) is 37.2 Å². The van der Waals surface area contributed by atoms with Crippen molar-refractivity contribution in [3.05, 3.63) is 34.6 Å². The van der Waals surface area contributed by atoms with E-state index in [1.54, 1.807) is 12.1 Å². The van der Waals surface area contributed by atoms with E-state index >= 15 is 0 Å². The molecule has 2 fully saturated rings. The molecule has 110 valence electrons. The van der Waals surface area contributed by atoms with Crippen LogP contribution in [0.4, 0.5) is 4.39 Å². The first-order valence-corrected chi connectivity index (χ1v) is 8.55. The van der Waals surface area contributed by atoms with E-state index < -0.39 is 5.82 Å². The molecule has 0 radical (unpaired) electrons.